The molecule has 1 aliphatic rings. The van der Waals surface area contributed by atoms with Crippen molar-refractivity contribution in [3.05, 3.63) is 68.6 Å². The average molecular weight is 368 g/mol. The van der Waals surface area contributed by atoms with Crippen LogP contribution in [0.3, 0.4) is 0 Å². The lowest BCUT2D eigenvalue weighted by Crippen LogP contribution is -2.35. The highest BCUT2D eigenvalue weighted by Gasteiger charge is 2.29. The summed E-state index contributed by atoms with van der Waals surface area (Å²) in [7, 11) is 1.69. The zero-order chi connectivity index (χ0) is 19.7. The largest absolute Gasteiger partial charge is 0.478 e. The molecule has 1 saturated heterocycles. The van der Waals surface area contributed by atoms with Gasteiger partial charge < -0.3 is 14.6 Å². The van der Waals surface area contributed by atoms with E-state index in [2.05, 4.69) is 0 Å². The second kappa shape index (κ2) is 7.39. The third-order valence-electron chi connectivity index (χ3n) is 5.50. The number of nitrogens with zero attached hydrogens (tertiary/aromatic N) is 2. The molecule has 2 aromatic rings. The molecule has 6 heteroatoms. The minimum Gasteiger partial charge on any atom is -0.478 e. The van der Waals surface area contributed by atoms with Crippen LogP contribution in [0.1, 0.15) is 44.0 Å². The van der Waals surface area contributed by atoms with Crippen LogP contribution in [0.2, 0.25) is 0 Å². The third-order valence-corrected chi connectivity index (χ3v) is 5.50. The van der Waals surface area contributed by atoms with Crippen molar-refractivity contribution in [2.24, 2.45) is 13.0 Å². The Labute approximate surface area is 158 Å². The first-order chi connectivity index (χ1) is 12.8. The molecular formula is C21H24N2O4. The summed E-state index contributed by atoms with van der Waals surface area (Å²) in [5.74, 6) is -0.836. The summed E-state index contributed by atoms with van der Waals surface area (Å²) in [6.45, 7) is 5.01. The lowest BCUT2D eigenvalue weighted by molar-refractivity contribution is 0.0696. The van der Waals surface area contributed by atoms with Crippen molar-refractivity contribution in [1.29, 1.82) is 0 Å². The molecule has 1 amide bonds. The van der Waals surface area contributed by atoms with Gasteiger partial charge in [0.05, 0.1) is 5.56 Å². The summed E-state index contributed by atoms with van der Waals surface area (Å²) in [4.78, 5) is 38.0. The van der Waals surface area contributed by atoms with Crippen LogP contribution >= 0.6 is 0 Å². The van der Waals surface area contributed by atoms with Crippen molar-refractivity contribution in [3.8, 4) is 0 Å². The fraction of sp³-hybridized carbons (Fsp3) is 0.381. The van der Waals surface area contributed by atoms with Gasteiger partial charge >= 0.3 is 5.97 Å². The van der Waals surface area contributed by atoms with Crippen molar-refractivity contribution in [1.82, 2.24) is 9.47 Å². The number of benzene rings is 1. The van der Waals surface area contributed by atoms with Crippen LogP contribution in [0.5, 0.6) is 0 Å². The Bertz CT molecular complexity index is 944. The Kier molecular flexibility index (Phi) is 5.17. The van der Waals surface area contributed by atoms with E-state index in [4.69, 9.17) is 5.11 Å². The average Bonchev–Trinajstić information content (AvgIpc) is 3.11. The molecule has 0 radical (unpaired) electrons. The van der Waals surface area contributed by atoms with Crippen LogP contribution in [0, 0.1) is 19.8 Å². The van der Waals surface area contributed by atoms with E-state index >= 15 is 0 Å². The van der Waals surface area contributed by atoms with Crippen LogP contribution in [0.25, 0.3) is 0 Å². The lowest BCUT2D eigenvalue weighted by Gasteiger charge is -2.18. The van der Waals surface area contributed by atoms with Crippen LogP contribution < -0.4 is 5.56 Å². The van der Waals surface area contributed by atoms with Crippen molar-refractivity contribution in [2.75, 3.05) is 13.1 Å². The Morgan fingerprint density at radius 1 is 1.19 bits per heavy atom. The van der Waals surface area contributed by atoms with E-state index in [1.807, 2.05) is 26.0 Å². The normalized spacial score (nSPS) is 16.6. The molecule has 27 heavy (non-hydrogen) atoms. The number of amides is 1. The SMILES string of the molecule is Cc1cc(C(=O)N2CCC(Cc3ccc(C(=O)O)cc3)C2)c(=O)n(C)c1C. The molecule has 1 atom stereocenters. The van der Waals surface area contributed by atoms with Gasteiger partial charge in [-0.1, -0.05) is 12.1 Å². The highest BCUT2D eigenvalue weighted by molar-refractivity contribution is 5.94. The maximum atomic E-state index is 12.8. The van der Waals surface area contributed by atoms with Gasteiger partial charge in [-0.3, -0.25) is 9.59 Å². The van der Waals surface area contributed by atoms with Gasteiger partial charge in [0.2, 0.25) is 0 Å². The second-order valence-electron chi connectivity index (χ2n) is 7.30. The highest BCUT2D eigenvalue weighted by Crippen LogP contribution is 2.22. The van der Waals surface area contributed by atoms with E-state index in [0.717, 1.165) is 29.7 Å². The Morgan fingerprint density at radius 3 is 2.48 bits per heavy atom. The second-order valence-corrected chi connectivity index (χ2v) is 7.30. The fourth-order valence-electron chi connectivity index (χ4n) is 3.60. The minimum atomic E-state index is -0.936. The molecule has 1 N–H and O–H groups in total. The first kappa shape index (κ1) is 18.9. The van der Waals surface area contributed by atoms with Crippen molar-refractivity contribution >= 4 is 11.9 Å². The van der Waals surface area contributed by atoms with E-state index < -0.39 is 5.97 Å². The number of carbonyl (C=O) groups excluding carboxylic acids is 1. The number of rotatable bonds is 4. The molecule has 1 fully saturated rings. The molecule has 0 bridgehead atoms. The zero-order valence-electron chi connectivity index (χ0n) is 15.9. The number of aromatic carboxylic acids is 1. The molecule has 1 aromatic carbocycles. The number of carboxylic acid groups (broad SMARTS) is 1. The van der Waals surface area contributed by atoms with Crippen molar-refractivity contribution in [2.45, 2.75) is 26.7 Å². The first-order valence-corrected chi connectivity index (χ1v) is 9.06. The lowest BCUT2D eigenvalue weighted by atomic mass is 9.98. The highest BCUT2D eigenvalue weighted by atomic mass is 16.4. The van der Waals surface area contributed by atoms with Gasteiger partial charge in [-0.25, -0.2) is 4.79 Å². The number of likely N-dealkylation sites (tertiary alicyclic amines) is 1. The monoisotopic (exact) mass is 368 g/mol. The molecule has 1 aliphatic heterocycles. The van der Waals surface area contributed by atoms with E-state index in [1.165, 1.54) is 4.57 Å². The number of aryl methyl sites for hydroxylation is 1. The zero-order valence-corrected chi connectivity index (χ0v) is 15.9. The number of aromatic nitrogens is 1. The predicted octanol–water partition coefficient (Wildman–Crippen LogP) is 2.41. The van der Waals surface area contributed by atoms with Crippen LogP contribution in [0.4, 0.5) is 0 Å². The molecule has 1 aromatic heterocycles. The summed E-state index contributed by atoms with van der Waals surface area (Å²) >= 11 is 0. The van der Waals surface area contributed by atoms with Gasteiger partial charge in [-0.2, -0.15) is 0 Å². The van der Waals surface area contributed by atoms with Gasteiger partial charge in [0.25, 0.3) is 11.5 Å². The van der Waals surface area contributed by atoms with E-state index in [1.54, 1.807) is 30.1 Å². The number of carbonyl (C=O) groups is 2. The third kappa shape index (κ3) is 3.79. The van der Waals surface area contributed by atoms with Crippen molar-refractivity contribution in [3.63, 3.8) is 0 Å². The summed E-state index contributed by atoms with van der Waals surface area (Å²) in [5, 5.41) is 8.97. The van der Waals surface area contributed by atoms with E-state index in [0.29, 0.717) is 19.0 Å². The van der Waals surface area contributed by atoms with Gasteiger partial charge in [0.15, 0.2) is 0 Å². The topological polar surface area (TPSA) is 79.6 Å². The molecule has 2 heterocycles. The van der Waals surface area contributed by atoms with Gasteiger partial charge in [-0.05, 0) is 61.9 Å². The van der Waals surface area contributed by atoms with Crippen LogP contribution in [0.15, 0.2) is 35.1 Å². The maximum Gasteiger partial charge on any atom is 0.335 e. The molecular weight excluding hydrogens is 344 g/mol. The molecule has 0 spiro atoms. The summed E-state index contributed by atoms with van der Waals surface area (Å²) in [6.07, 6.45) is 1.66. The van der Waals surface area contributed by atoms with E-state index in [9.17, 15) is 14.4 Å². The minimum absolute atomic E-state index is 0.206. The number of pyridine rings is 1. The summed E-state index contributed by atoms with van der Waals surface area (Å²) in [6, 6.07) is 8.56. The number of carboxylic acids is 1. The number of hydrogen-bond donors (Lipinski definition) is 1. The first-order valence-electron chi connectivity index (χ1n) is 9.06. The fourth-order valence-corrected chi connectivity index (χ4v) is 3.60. The summed E-state index contributed by atoms with van der Waals surface area (Å²) < 4.78 is 1.53. The van der Waals surface area contributed by atoms with Gasteiger partial charge in [0.1, 0.15) is 5.56 Å². The Balaban J connectivity index is 1.70. The van der Waals surface area contributed by atoms with Crippen LogP contribution in [-0.2, 0) is 13.5 Å². The molecule has 1 unspecified atom stereocenters. The molecule has 0 aliphatic carbocycles. The molecule has 6 nitrogen and oxygen atoms in total. The Morgan fingerprint density at radius 2 is 1.85 bits per heavy atom. The maximum absolute atomic E-state index is 12.8. The standard InChI is InChI=1S/C21H24N2O4/c1-13-10-18(19(24)22(3)14(13)2)20(25)23-9-8-16(12-23)11-15-4-6-17(7-5-15)21(26)27/h4-7,10,16H,8-9,11-12H2,1-3H3,(H,26,27). The van der Waals surface area contributed by atoms with Gasteiger partial charge in [-0.15, -0.1) is 0 Å². The smallest absolute Gasteiger partial charge is 0.335 e. The molecule has 142 valence electrons. The molecule has 3 rings (SSSR count). The summed E-state index contributed by atoms with van der Waals surface area (Å²) in [5.41, 5.74) is 3.09. The van der Waals surface area contributed by atoms with Gasteiger partial charge in [0, 0.05) is 25.8 Å². The quantitative estimate of drug-likeness (QED) is 0.899. The molecule has 0 saturated carbocycles. The number of hydrogen-bond acceptors (Lipinski definition) is 3. The van der Waals surface area contributed by atoms with Crippen molar-refractivity contribution < 1.29 is 14.7 Å². The predicted molar refractivity (Wildman–Crippen MR) is 102 cm³/mol. The van der Waals surface area contributed by atoms with E-state index in [-0.39, 0.29) is 22.6 Å². The Hall–Kier alpha value is -2.89. The van der Waals surface area contributed by atoms with Crippen LogP contribution in [-0.4, -0.2) is 39.5 Å².